The average Bonchev–Trinajstić information content (AvgIpc) is 2.34. The predicted octanol–water partition coefficient (Wildman–Crippen LogP) is 4.91. The third-order valence-electron chi connectivity index (χ3n) is 2.44. The molecule has 2 nitrogen and oxygen atoms in total. The average molecular weight is 281 g/mol. The maximum Gasteiger partial charge on any atom is 0.155 e. The second kappa shape index (κ2) is 5.42. The van der Waals surface area contributed by atoms with Crippen LogP contribution in [0.25, 0.3) is 0 Å². The quantitative estimate of drug-likeness (QED) is 0.747. The van der Waals surface area contributed by atoms with E-state index < -0.39 is 0 Å². The van der Waals surface area contributed by atoms with Gasteiger partial charge in [-0.2, -0.15) is 0 Å². The van der Waals surface area contributed by atoms with Gasteiger partial charge in [0.25, 0.3) is 0 Å². The number of hydrogen-bond acceptors (Lipinski definition) is 2. The molecule has 0 atom stereocenters. The lowest BCUT2D eigenvalue weighted by Gasteiger charge is -2.10. The first-order chi connectivity index (χ1) is 8.61. The van der Waals surface area contributed by atoms with Crippen LogP contribution < -0.4 is 4.74 Å². The van der Waals surface area contributed by atoms with Gasteiger partial charge in [0, 0.05) is 0 Å². The third-order valence-corrected chi connectivity index (χ3v) is 3.08. The Balaban J connectivity index is 2.43. The minimum Gasteiger partial charge on any atom is -0.455 e. The van der Waals surface area contributed by atoms with Crippen molar-refractivity contribution in [3.63, 3.8) is 0 Å². The first-order valence-corrected chi connectivity index (χ1v) is 6.05. The minimum absolute atomic E-state index is 0.316. The second-order valence-electron chi connectivity index (χ2n) is 3.81. The molecule has 0 aliphatic rings. The summed E-state index contributed by atoms with van der Waals surface area (Å²) in [5, 5.41) is 0.837. The largest absolute Gasteiger partial charge is 0.455 e. The molecule has 2 aromatic rings. The van der Waals surface area contributed by atoms with Crippen LogP contribution in [0, 0.1) is 6.92 Å². The monoisotopic (exact) mass is 280 g/mol. The Morgan fingerprint density at radius 1 is 1.06 bits per heavy atom. The summed E-state index contributed by atoms with van der Waals surface area (Å²) < 4.78 is 5.65. The number of carbonyl (C=O) groups excluding carboxylic acids is 1. The van der Waals surface area contributed by atoms with Crippen molar-refractivity contribution >= 4 is 29.5 Å². The van der Waals surface area contributed by atoms with Crippen LogP contribution in [0.1, 0.15) is 15.9 Å². The van der Waals surface area contributed by atoms with Gasteiger partial charge < -0.3 is 4.74 Å². The first-order valence-electron chi connectivity index (χ1n) is 5.29. The van der Waals surface area contributed by atoms with Crippen LogP contribution in [0.15, 0.2) is 36.4 Å². The summed E-state index contributed by atoms with van der Waals surface area (Å²) in [4.78, 5) is 11.0. The summed E-state index contributed by atoms with van der Waals surface area (Å²) in [6.07, 6.45) is 0.668. The van der Waals surface area contributed by atoms with Crippen molar-refractivity contribution in [1.29, 1.82) is 0 Å². The molecule has 18 heavy (non-hydrogen) atoms. The Morgan fingerprint density at radius 3 is 2.56 bits per heavy atom. The number of aryl methyl sites for hydroxylation is 1. The maximum absolute atomic E-state index is 11.0. The molecule has 0 aromatic heterocycles. The Bertz CT molecular complexity index is 594. The summed E-state index contributed by atoms with van der Waals surface area (Å²) in [5.41, 5.74) is 1.33. The number of halogens is 2. The summed E-state index contributed by atoms with van der Waals surface area (Å²) in [6.45, 7) is 1.93. The summed E-state index contributed by atoms with van der Waals surface area (Å²) in [6, 6.07) is 10.5. The molecule has 0 spiro atoms. The molecule has 0 radical (unpaired) electrons. The topological polar surface area (TPSA) is 26.3 Å². The van der Waals surface area contributed by atoms with Gasteiger partial charge in [0.2, 0.25) is 0 Å². The van der Waals surface area contributed by atoms with Gasteiger partial charge in [-0.25, -0.2) is 0 Å². The molecule has 2 aromatic carbocycles. The Hall–Kier alpha value is -1.51. The third kappa shape index (κ3) is 2.66. The van der Waals surface area contributed by atoms with Crippen molar-refractivity contribution in [2.45, 2.75) is 6.92 Å². The van der Waals surface area contributed by atoms with Gasteiger partial charge in [0.1, 0.15) is 11.5 Å². The van der Waals surface area contributed by atoms with E-state index in [0.29, 0.717) is 33.4 Å². The van der Waals surface area contributed by atoms with Gasteiger partial charge in [0.15, 0.2) is 6.29 Å². The lowest BCUT2D eigenvalue weighted by Crippen LogP contribution is -1.92. The smallest absolute Gasteiger partial charge is 0.155 e. The van der Waals surface area contributed by atoms with Gasteiger partial charge in [0.05, 0.1) is 15.6 Å². The van der Waals surface area contributed by atoms with E-state index in [0.717, 1.165) is 5.56 Å². The van der Waals surface area contributed by atoms with Crippen LogP contribution in [0.3, 0.4) is 0 Å². The standard InChI is InChI=1S/C14H10Cl2O2/c1-9-5-6-12(16)14(7-9)18-13-4-2-3-11(15)10(13)8-17/h2-8H,1H3. The molecule has 0 amide bonds. The van der Waals surface area contributed by atoms with Crippen molar-refractivity contribution in [2.24, 2.45) is 0 Å². The fraction of sp³-hybridized carbons (Fsp3) is 0.0714. The highest BCUT2D eigenvalue weighted by atomic mass is 35.5. The van der Waals surface area contributed by atoms with Gasteiger partial charge in [-0.3, -0.25) is 4.79 Å². The van der Waals surface area contributed by atoms with E-state index in [2.05, 4.69) is 0 Å². The zero-order valence-electron chi connectivity index (χ0n) is 9.61. The minimum atomic E-state index is 0.316. The number of carbonyl (C=O) groups is 1. The van der Waals surface area contributed by atoms with Crippen molar-refractivity contribution in [1.82, 2.24) is 0 Å². The molecule has 0 aliphatic carbocycles. The van der Waals surface area contributed by atoms with E-state index >= 15 is 0 Å². The molecule has 0 fully saturated rings. The molecular formula is C14H10Cl2O2. The highest BCUT2D eigenvalue weighted by Crippen LogP contribution is 2.33. The normalized spacial score (nSPS) is 10.2. The molecule has 0 N–H and O–H groups in total. The lowest BCUT2D eigenvalue weighted by molar-refractivity contribution is 0.112. The van der Waals surface area contributed by atoms with Crippen LogP contribution in [-0.4, -0.2) is 6.29 Å². The van der Waals surface area contributed by atoms with Crippen molar-refractivity contribution in [2.75, 3.05) is 0 Å². The zero-order chi connectivity index (χ0) is 13.1. The number of aldehydes is 1. The molecule has 0 heterocycles. The lowest BCUT2D eigenvalue weighted by atomic mass is 10.2. The SMILES string of the molecule is Cc1ccc(Cl)c(Oc2cccc(Cl)c2C=O)c1. The Labute approximate surface area is 115 Å². The maximum atomic E-state index is 11.0. The predicted molar refractivity (Wildman–Crippen MR) is 73.1 cm³/mol. The van der Waals surface area contributed by atoms with Crippen LogP contribution in [0.4, 0.5) is 0 Å². The molecule has 0 bridgehead atoms. The van der Waals surface area contributed by atoms with Gasteiger partial charge in [-0.15, -0.1) is 0 Å². The molecule has 4 heteroatoms. The highest BCUT2D eigenvalue weighted by molar-refractivity contribution is 6.33. The number of hydrogen-bond donors (Lipinski definition) is 0. The van der Waals surface area contributed by atoms with Crippen molar-refractivity contribution in [3.8, 4) is 11.5 Å². The van der Waals surface area contributed by atoms with Crippen molar-refractivity contribution < 1.29 is 9.53 Å². The summed E-state index contributed by atoms with van der Waals surface area (Å²) in [7, 11) is 0. The molecule has 92 valence electrons. The van der Waals surface area contributed by atoms with E-state index in [1.54, 1.807) is 30.3 Å². The van der Waals surface area contributed by atoms with Crippen LogP contribution in [-0.2, 0) is 0 Å². The van der Waals surface area contributed by atoms with E-state index in [-0.39, 0.29) is 0 Å². The van der Waals surface area contributed by atoms with E-state index in [4.69, 9.17) is 27.9 Å². The summed E-state index contributed by atoms with van der Waals surface area (Å²) >= 11 is 12.0. The van der Waals surface area contributed by atoms with Gasteiger partial charge in [-0.1, -0.05) is 35.3 Å². The molecular weight excluding hydrogens is 271 g/mol. The fourth-order valence-corrected chi connectivity index (χ4v) is 1.89. The first kappa shape index (κ1) is 12.9. The van der Waals surface area contributed by atoms with Crippen molar-refractivity contribution in [3.05, 3.63) is 57.6 Å². The van der Waals surface area contributed by atoms with Crippen LogP contribution in [0.5, 0.6) is 11.5 Å². The van der Waals surface area contributed by atoms with Crippen LogP contribution in [0.2, 0.25) is 10.0 Å². The second-order valence-corrected chi connectivity index (χ2v) is 4.62. The number of rotatable bonds is 3. The van der Waals surface area contributed by atoms with E-state index in [1.807, 2.05) is 13.0 Å². The Morgan fingerprint density at radius 2 is 1.83 bits per heavy atom. The van der Waals surface area contributed by atoms with Gasteiger partial charge in [-0.05, 0) is 36.8 Å². The Kier molecular flexibility index (Phi) is 3.90. The molecule has 0 saturated heterocycles. The summed E-state index contributed by atoms with van der Waals surface area (Å²) in [5.74, 6) is 0.895. The van der Waals surface area contributed by atoms with E-state index in [9.17, 15) is 4.79 Å². The molecule has 2 rings (SSSR count). The number of ether oxygens (including phenoxy) is 1. The zero-order valence-corrected chi connectivity index (χ0v) is 11.1. The fourth-order valence-electron chi connectivity index (χ4n) is 1.53. The molecule has 0 saturated carbocycles. The highest BCUT2D eigenvalue weighted by Gasteiger charge is 2.10. The number of benzene rings is 2. The van der Waals surface area contributed by atoms with Crippen LogP contribution >= 0.6 is 23.2 Å². The van der Waals surface area contributed by atoms with E-state index in [1.165, 1.54) is 0 Å². The van der Waals surface area contributed by atoms with Gasteiger partial charge >= 0.3 is 0 Å². The molecule has 0 unspecified atom stereocenters. The molecule has 0 aliphatic heterocycles.